The smallest absolute Gasteiger partial charge is 0.162 e. The van der Waals surface area contributed by atoms with E-state index in [9.17, 15) is 0 Å². The normalized spacial score (nSPS) is 14.1. The Bertz CT molecular complexity index is 2200. The molecule has 0 N–H and O–H groups in total. The molecule has 6 aromatic carbocycles. The summed E-state index contributed by atoms with van der Waals surface area (Å²) in [4.78, 5) is 15.1. The molecule has 0 spiro atoms. The molecule has 0 saturated heterocycles. The number of hydrogen-bond acceptors (Lipinski definition) is 5. The lowest BCUT2D eigenvalue weighted by molar-refractivity contribution is 0.477. The third kappa shape index (κ3) is 3.95. The van der Waals surface area contributed by atoms with Crippen molar-refractivity contribution in [2.45, 2.75) is 19.3 Å². The maximum Gasteiger partial charge on any atom is 0.162 e. The Balaban J connectivity index is 1.32. The maximum atomic E-state index is 6.30. The second kappa shape index (κ2) is 10.0. The lowest BCUT2D eigenvalue weighted by atomic mass is 9.73. The van der Waals surface area contributed by atoms with E-state index in [1.165, 1.54) is 11.1 Å². The van der Waals surface area contributed by atoms with E-state index in [0.29, 0.717) is 5.82 Å². The SMILES string of the molecule is CC1(C)c2ccccc2N(c2nc(-c3ccccc3)nc3cc(N4c5ccccc5Oc5ccccc54)ccc23)c2ccccc21. The summed E-state index contributed by atoms with van der Waals surface area (Å²) in [5, 5.41) is 0.975. The van der Waals surface area contributed by atoms with Gasteiger partial charge in [0.25, 0.3) is 0 Å². The summed E-state index contributed by atoms with van der Waals surface area (Å²) in [6.45, 7) is 4.61. The minimum absolute atomic E-state index is 0.168. The standard InChI is InChI=1S/C41H30N4O/c1-41(2)30-16-6-8-18-33(30)45(34-19-9-7-17-31(34)41)40-29-25-24-28(26-32(29)42-39(43-40)27-14-4-3-5-15-27)44-35-20-10-12-22-37(35)46-38-23-13-11-21-36(38)44/h3-26H,1-2H3. The zero-order valence-corrected chi connectivity index (χ0v) is 25.6. The van der Waals surface area contributed by atoms with Gasteiger partial charge in [0.1, 0.15) is 5.82 Å². The van der Waals surface area contributed by atoms with Crippen LogP contribution in [0.5, 0.6) is 11.5 Å². The van der Waals surface area contributed by atoms with Crippen molar-refractivity contribution in [3.8, 4) is 22.9 Å². The number of para-hydroxylation sites is 6. The van der Waals surface area contributed by atoms with Crippen molar-refractivity contribution >= 4 is 45.2 Å². The lowest BCUT2D eigenvalue weighted by Gasteiger charge is -2.41. The van der Waals surface area contributed by atoms with Crippen LogP contribution in [0.2, 0.25) is 0 Å². The van der Waals surface area contributed by atoms with Crippen molar-refractivity contribution in [3.63, 3.8) is 0 Å². The van der Waals surface area contributed by atoms with E-state index in [0.717, 1.165) is 62.2 Å². The number of rotatable bonds is 3. The van der Waals surface area contributed by atoms with Crippen LogP contribution in [0.15, 0.2) is 146 Å². The summed E-state index contributed by atoms with van der Waals surface area (Å²) in [5.74, 6) is 3.17. The maximum absolute atomic E-state index is 6.30. The number of nitrogens with zero attached hydrogens (tertiary/aromatic N) is 4. The molecule has 5 nitrogen and oxygen atoms in total. The third-order valence-corrected chi connectivity index (χ3v) is 9.23. The van der Waals surface area contributed by atoms with Crippen LogP contribution in [-0.4, -0.2) is 9.97 Å². The van der Waals surface area contributed by atoms with Gasteiger partial charge in [0.15, 0.2) is 17.3 Å². The van der Waals surface area contributed by atoms with E-state index < -0.39 is 0 Å². The molecule has 220 valence electrons. The Hall–Kier alpha value is -5.94. The molecule has 0 atom stereocenters. The number of aromatic nitrogens is 2. The molecule has 2 aliphatic rings. The average Bonchev–Trinajstić information content (AvgIpc) is 3.11. The summed E-state index contributed by atoms with van der Waals surface area (Å²) in [6, 6.07) is 50.5. The minimum atomic E-state index is -0.168. The summed E-state index contributed by atoms with van der Waals surface area (Å²) in [5.41, 5.74) is 9.42. The highest BCUT2D eigenvalue weighted by Crippen LogP contribution is 2.54. The Morgan fingerprint density at radius 1 is 0.522 bits per heavy atom. The van der Waals surface area contributed by atoms with Gasteiger partial charge in [0.2, 0.25) is 0 Å². The molecule has 0 amide bonds. The summed E-state index contributed by atoms with van der Waals surface area (Å²) in [7, 11) is 0. The van der Waals surface area contributed by atoms with E-state index in [2.05, 4.69) is 115 Å². The van der Waals surface area contributed by atoms with Crippen molar-refractivity contribution in [1.82, 2.24) is 9.97 Å². The quantitative estimate of drug-likeness (QED) is 0.204. The van der Waals surface area contributed by atoms with Gasteiger partial charge in [-0.05, 0) is 65.7 Å². The monoisotopic (exact) mass is 594 g/mol. The molecule has 0 unspecified atom stereocenters. The first kappa shape index (κ1) is 26.5. The first-order valence-electron chi connectivity index (χ1n) is 15.6. The predicted molar refractivity (Wildman–Crippen MR) is 187 cm³/mol. The highest BCUT2D eigenvalue weighted by Gasteiger charge is 2.37. The van der Waals surface area contributed by atoms with Gasteiger partial charge in [-0.2, -0.15) is 0 Å². The van der Waals surface area contributed by atoms with Crippen LogP contribution in [-0.2, 0) is 5.41 Å². The zero-order chi connectivity index (χ0) is 30.8. The van der Waals surface area contributed by atoms with Gasteiger partial charge in [0, 0.05) is 22.1 Å². The molecule has 5 heteroatoms. The largest absolute Gasteiger partial charge is 0.453 e. The van der Waals surface area contributed by atoms with E-state index in [-0.39, 0.29) is 5.41 Å². The molecule has 0 bridgehead atoms. The van der Waals surface area contributed by atoms with Gasteiger partial charge in [-0.3, -0.25) is 4.90 Å². The molecule has 7 aromatic rings. The van der Waals surface area contributed by atoms with Gasteiger partial charge in [-0.15, -0.1) is 0 Å². The van der Waals surface area contributed by atoms with Gasteiger partial charge < -0.3 is 9.64 Å². The number of ether oxygens (including phenoxy) is 1. The van der Waals surface area contributed by atoms with Crippen LogP contribution in [0.25, 0.3) is 22.3 Å². The van der Waals surface area contributed by atoms with Crippen LogP contribution in [0.4, 0.5) is 34.3 Å². The first-order valence-corrected chi connectivity index (χ1v) is 15.6. The summed E-state index contributed by atoms with van der Waals surface area (Å²) < 4.78 is 6.30. The molecule has 46 heavy (non-hydrogen) atoms. The van der Waals surface area contributed by atoms with Crippen LogP contribution in [0.1, 0.15) is 25.0 Å². The molecular formula is C41H30N4O. The summed E-state index contributed by atoms with van der Waals surface area (Å²) >= 11 is 0. The molecular weight excluding hydrogens is 564 g/mol. The minimum Gasteiger partial charge on any atom is -0.453 e. The predicted octanol–water partition coefficient (Wildman–Crippen LogP) is 11.0. The molecule has 0 radical (unpaired) electrons. The number of benzene rings is 6. The fourth-order valence-corrected chi connectivity index (χ4v) is 7.01. The van der Waals surface area contributed by atoms with E-state index in [1.54, 1.807) is 0 Å². The highest BCUT2D eigenvalue weighted by molar-refractivity contribution is 6.00. The molecule has 0 aliphatic carbocycles. The van der Waals surface area contributed by atoms with Crippen LogP contribution >= 0.6 is 0 Å². The molecule has 0 fully saturated rings. The molecule has 2 aliphatic heterocycles. The first-order chi connectivity index (χ1) is 22.6. The van der Waals surface area contributed by atoms with Crippen LogP contribution in [0.3, 0.4) is 0 Å². The highest BCUT2D eigenvalue weighted by atomic mass is 16.5. The van der Waals surface area contributed by atoms with Gasteiger partial charge in [-0.1, -0.05) is 105 Å². The van der Waals surface area contributed by atoms with Crippen molar-refractivity contribution in [2.75, 3.05) is 9.80 Å². The van der Waals surface area contributed by atoms with Crippen LogP contribution in [0, 0.1) is 0 Å². The Labute approximate surface area is 268 Å². The van der Waals surface area contributed by atoms with E-state index >= 15 is 0 Å². The van der Waals surface area contributed by atoms with Crippen molar-refractivity contribution in [2.24, 2.45) is 0 Å². The number of hydrogen-bond donors (Lipinski definition) is 0. The zero-order valence-electron chi connectivity index (χ0n) is 25.6. The van der Waals surface area contributed by atoms with Gasteiger partial charge in [0.05, 0.1) is 28.3 Å². The molecule has 1 aromatic heterocycles. The fraction of sp³-hybridized carbons (Fsp3) is 0.0732. The molecule has 0 saturated carbocycles. The molecule has 9 rings (SSSR count). The fourth-order valence-electron chi connectivity index (χ4n) is 7.01. The Morgan fingerprint density at radius 2 is 1.07 bits per heavy atom. The second-order valence-corrected chi connectivity index (χ2v) is 12.3. The van der Waals surface area contributed by atoms with Crippen molar-refractivity contribution < 1.29 is 4.74 Å². The van der Waals surface area contributed by atoms with E-state index in [4.69, 9.17) is 14.7 Å². The summed E-state index contributed by atoms with van der Waals surface area (Å²) in [6.07, 6.45) is 0. The average molecular weight is 595 g/mol. The molecule has 3 heterocycles. The second-order valence-electron chi connectivity index (χ2n) is 12.3. The number of anilines is 6. The lowest BCUT2D eigenvalue weighted by Crippen LogP contribution is -2.31. The third-order valence-electron chi connectivity index (χ3n) is 9.23. The topological polar surface area (TPSA) is 41.5 Å². The van der Waals surface area contributed by atoms with E-state index in [1.807, 2.05) is 54.6 Å². The van der Waals surface area contributed by atoms with Crippen molar-refractivity contribution in [3.05, 3.63) is 157 Å². The van der Waals surface area contributed by atoms with Crippen LogP contribution < -0.4 is 14.5 Å². The van der Waals surface area contributed by atoms with Crippen molar-refractivity contribution in [1.29, 1.82) is 0 Å². The Kier molecular flexibility index (Phi) is 5.78. The Morgan fingerprint density at radius 3 is 1.70 bits per heavy atom. The van der Waals surface area contributed by atoms with Gasteiger partial charge >= 0.3 is 0 Å². The number of fused-ring (bicyclic) bond motifs is 5. The van der Waals surface area contributed by atoms with Gasteiger partial charge in [-0.25, -0.2) is 9.97 Å².